The van der Waals surface area contributed by atoms with Crippen molar-refractivity contribution in [3.8, 4) is 11.4 Å². The van der Waals surface area contributed by atoms with E-state index in [2.05, 4.69) is 20.6 Å². The first kappa shape index (κ1) is 15.7. The molecule has 0 atom stereocenters. The third kappa shape index (κ3) is 3.57. The summed E-state index contributed by atoms with van der Waals surface area (Å²) in [6.45, 7) is 0. The van der Waals surface area contributed by atoms with E-state index >= 15 is 0 Å². The molecule has 0 aliphatic heterocycles. The van der Waals surface area contributed by atoms with Gasteiger partial charge in [-0.3, -0.25) is 5.01 Å². The topological polar surface area (TPSA) is 68.4 Å². The van der Waals surface area contributed by atoms with Crippen LogP contribution in [0.2, 0.25) is 0 Å². The van der Waals surface area contributed by atoms with Crippen molar-refractivity contribution in [3.63, 3.8) is 0 Å². The maximum Gasteiger partial charge on any atom is 0.162 e. The van der Waals surface area contributed by atoms with Crippen molar-refractivity contribution >= 4 is 11.9 Å². The molecule has 7 nitrogen and oxygen atoms in total. The predicted octanol–water partition coefficient (Wildman–Crippen LogP) is 2.34. The molecule has 122 valence electrons. The molecule has 24 heavy (non-hydrogen) atoms. The molecule has 0 unspecified atom stereocenters. The van der Waals surface area contributed by atoms with Gasteiger partial charge in [-0.15, -0.1) is 5.10 Å². The number of anilines is 1. The smallest absolute Gasteiger partial charge is 0.162 e. The van der Waals surface area contributed by atoms with Crippen LogP contribution in [0.25, 0.3) is 5.69 Å². The molecule has 0 saturated heterocycles. The van der Waals surface area contributed by atoms with E-state index in [1.165, 1.54) is 0 Å². The molecule has 3 aromatic rings. The Labute approximate surface area is 140 Å². The first-order valence-electron chi connectivity index (χ1n) is 7.51. The standard InChI is InChI=1S/C17H18N6O/c1-22(14-6-4-3-5-7-14)18-13-12-17-19-20-21-23(17)15-8-10-16(24-2)11-9-15/h3-11,13H,12H2,1-2H3/b18-13+. The number of nitrogens with zero attached hydrogens (tertiary/aromatic N) is 6. The summed E-state index contributed by atoms with van der Waals surface area (Å²) in [4.78, 5) is 0. The van der Waals surface area contributed by atoms with Crippen LogP contribution in [0.3, 0.4) is 0 Å². The summed E-state index contributed by atoms with van der Waals surface area (Å²) >= 11 is 0. The van der Waals surface area contributed by atoms with Gasteiger partial charge in [0.25, 0.3) is 0 Å². The third-order valence-electron chi connectivity index (χ3n) is 3.51. The van der Waals surface area contributed by atoms with Crippen molar-refractivity contribution in [3.05, 3.63) is 60.4 Å². The van der Waals surface area contributed by atoms with Gasteiger partial charge in [0.2, 0.25) is 0 Å². The number of para-hydroxylation sites is 1. The highest BCUT2D eigenvalue weighted by atomic mass is 16.5. The van der Waals surface area contributed by atoms with E-state index in [0.717, 1.165) is 17.1 Å². The van der Waals surface area contributed by atoms with Gasteiger partial charge in [-0.05, 0) is 46.8 Å². The fourth-order valence-electron chi connectivity index (χ4n) is 2.21. The number of aromatic nitrogens is 4. The Hall–Kier alpha value is -3.22. The third-order valence-corrected chi connectivity index (χ3v) is 3.51. The summed E-state index contributed by atoms with van der Waals surface area (Å²) in [5.41, 5.74) is 1.89. The van der Waals surface area contributed by atoms with Gasteiger partial charge in [-0.25, -0.2) is 0 Å². The molecule has 0 aliphatic rings. The van der Waals surface area contributed by atoms with Gasteiger partial charge < -0.3 is 4.74 Å². The highest BCUT2D eigenvalue weighted by Gasteiger charge is 2.07. The van der Waals surface area contributed by atoms with E-state index < -0.39 is 0 Å². The van der Waals surface area contributed by atoms with Crippen molar-refractivity contribution in [1.29, 1.82) is 0 Å². The number of hydrogen-bond donors (Lipinski definition) is 0. The van der Waals surface area contributed by atoms with Gasteiger partial charge in [0, 0.05) is 19.7 Å². The molecule has 7 heteroatoms. The van der Waals surface area contributed by atoms with Gasteiger partial charge in [-0.2, -0.15) is 9.78 Å². The molecule has 1 aromatic heterocycles. The van der Waals surface area contributed by atoms with Gasteiger partial charge in [0.15, 0.2) is 5.82 Å². The van der Waals surface area contributed by atoms with E-state index in [0.29, 0.717) is 12.2 Å². The number of hydrogen-bond acceptors (Lipinski definition) is 6. The van der Waals surface area contributed by atoms with Gasteiger partial charge in [0.05, 0.1) is 18.5 Å². The van der Waals surface area contributed by atoms with Crippen LogP contribution in [0.1, 0.15) is 5.82 Å². The quantitative estimate of drug-likeness (QED) is 0.515. The van der Waals surface area contributed by atoms with Crippen LogP contribution in [0.5, 0.6) is 5.75 Å². The van der Waals surface area contributed by atoms with E-state index in [-0.39, 0.29) is 0 Å². The van der Waals surface area contributed by atoms with Crippen LogP contribution in [-0.2, 0) is 6.42 Å². The highest BCUT2D eigenvalue weighted by Crippen LogP contribution is 2.15. The fourth-order valence-corrected chi connectivity index (χ4v) is 2.21. The van der Waals surface area contributed by atoms with E-state index in [9.17, 15) is 0 Å². The van der Waals surface area contributed by atoms with Crippen LogP contribution in [0.15, 0.2) is 59.7 Å². The second kappa shape index (κ2) is 7.36. The predicted molar refractivity (Wildman–Crippen MR) is 92.7 cm³/mol. The summed E-state index contributed by atoms with van der Waals surface area (Å²) in [6, 6.07) is 17.5. The number of rotatable bonds is 6. The first-order chi connectivity index (χ1) is 11.8. The summed E-state index contributed by atoms with van der Waals surface area (Å²) in [5, 5.41) is 18.1. The second-order valence-corrected chi connectivity index (χ2v) is 5.07. The zero-order valence-electron chi connectivity index (χ0n) is 13.6. The fraction of sp³-hybridized carbons (Fsp3) is 0.176. The van der Waals surface area contributed by atoms with Crippen molar-refractivity contribution in [2.45, 2.75) is 6.42 Å². The number of benzene rings is 2. The highest BCUT2D eigenvalue weighted by molar-refractivity contribution is 5.62. The molecule has 0 fully saturated rings. The van der Waals surface area contributed by atoms with Gasteiger partial charge in [-0.1, -0.05) is 18.2 Å². The molecular weight excluding hydrogens is 304 g/mol. The van der Waals surface area contributed by atoms with E-state index in [4.69, 9.17) is 4.74 Å². The number of ether oxygens (including phenoxy) is 1. The Balaban J connectivity index is 1.70. The van der Waals surface area contributed by atoms with Gasteiger partial charge in [0.1, 0.15) is 5.75 Å². The summed E-state index contributed by atoms with van der Waals surface area (Å²) in [5.74, 6) is 1.50. The maximum atomic E-state index is 5.16. The summed E-state index contributed by atoms with van der Waals surface area (Å²) < 4.78 is 6.85. The van der Waals surface area contributed by atoms with E-state index in [1.54, 1.807) is 18.0 Å². The monoisotopic (exact) mass is 322 g/mol. The molecule has 0 aliphatic carbocycles. The molecule has 0 amide bonds. The molecule has 3 rings (SSSR count). The van der Waals surface area contributed by atoms with Crippen molar-refractivity contribution in [2.75, 3.05) is 19.2 Å². The Morgan fingerprint density at radius 1 is 1.12 bits per heavy atom. The average Bonchev–Trinajstić information content (AvgIpc) is 3.11. The Morgan fingerprint density at radius 2 is 1.88 bits per heavy atom. The lowest BCUT2D eigenvalue weighted by Crippen LogP contribution is -2.10. The molecule has 0 N–H and O–H groups in total. The molecular formula is C17H18N6O. The Kier molecular flexibility index (Phi) is 4.81. The summed E-state index contributed by atoms with van der Waals surface area (Å²) in [7, 11) is 3.54. The van der Waals surface area contributed by atoms with Gasteiger partial charge >= 0.3 is 0 Å². The number of methoxy groups -OCH3 is 1. The maximum absolute atomic E-state index is 5.16. The lowest BCUT2D eigenvalue weighted by atomic mass is 10.3. The van der Waals surface area contributed by atoms with Crippen LogP contribution in [0.4, 0.5) is 5.69 Å². The minimum Gasteiger partial charge on any atom is -0.497 e. The molecule has 0 saturated carbocycles. The normalized spacial score (nSPS) is 10.9. The lowest BCUT2D eigenvalue weighted by Gasteiger charge is -2.12. The van der Waals surface area contributed by atoms with Crippen molar-refractivity contribution in [2.24, 2.45) is 5.10 Å². The molecule has 0 spiro atoms. The zero-order chi connectivity index (χ0) is 16.8. The Morgan fingerprint density at radius 3 is 2.58 bits per heavy atom. The largest absolute Gasteiger partial charge is 0.497 e. The van der Waals surface area contributed by atoms with Crippen LogP contribution in [-0.4, -0.2) is 40.6 Å². The molecule has 0 radical (unpaired) electrons. The van der Waals surface area contributed by atoms with Crippen LogP contribution in [0, 0.1) is 0 Å². The van der Waals surface area contributed by atoms with Crippen molar-refractivity contribution in [1.82, 2.24) is 20.2 Å². The number of tetrazole rings is 1. The molecule has 0 bridgehead atoms. The van der Waals surface area contributed by atoms with Crippen LogP contribution < -0.4 is 9.75 Å². The molecule has 1 heterocycles. The van der Waals surface area contributed by atoms with Crippen LogP contribution >= 0.6 is 0 Å². The minimum absolute atomic E-state index is 0.524. The lowest BCUT2D eigenvalue weighted by molar-refractivity contribution is 0.414. The molecule has 2 aromatic carbocycles. The van der Waals surface area contributed by atoms with Crippen molar-refractivity contribution < 1.29 is 4.74 Å². The SMILES string of the molecule is COc1ccc(-n2nnnc2C/C=N/N(C)c2ccccc2)cc1. The first-order valence-corrected chi connectivity index (χ1v) is 7.51. The van der Waals surface area contributed by atoms with E-state index in [1.807, 2.05) is 66.7 Å². The number of hydrazone groups is 1. The zero-order valence-corrected chi connectivity index (χ0v) is 13.6. The average molecular weight is 322 g/mol. The summed E-state index contributed by atoms with van der Waals surface area (Å²) in [6.07, 6.45) is 2.31. The second-order valence-electron chi connectivity index (χ2n) is 5.07. The minimum atomic E-state index is 0.524. The Bertz CT molecular complexity index is 797.